The maximum Gasteiger partial charge on any atom is 0.234 e. The van der Waals surface area contributed by atoms with Crippen molar-refractivity contribution in [3.63, 3.8) is 0 Å². The van der Waals surface area contributed by atoms with Crippen molar-refractivity contribution in [1.29, 1.82) is 0 Å². The zero-order valence-electron chi connectivity index (χ0n) is 10.5. The largest absolute Gasteiger partial charge is 0.350 e. The second-order valence-electron chi connectivity index (χ2n) is 4.62. The molecule has 0 aliphatic heterocycles. The quantitative estimate of drug-likeness (QED) is 0.846. The van der Waals surface area contributed by atoms with Gasteiger partial charge in [0.1, 0.15) is 0 Å². The fourth-order valence-electron chi connectivity index (χ4n) is 1.26. The molecule has 0 fully saturated rings. The third kappa shape index (κ3) is 5.66. The minimum atomic E-state index is -0.120. The number of carbonyl (C=O) groups excluding carboxylic acids is 1. The summed E-state index contributed by atoms with van der Waals surface area (Å²) in [4.78, 5) is 12.9. The molecule has 1 aromatic heterocycles. The van der Waals surface area contributed by atoms with Gasteiger partial charge in [-0.15, -0.1) is 11.3 Å². The summed E-state index contributed by atoms with van der Waals surface area (Å²) in [6.45, 7) is 7.22. The molecule has 0 aliphatic rings. The summed E-state index contributed by atoms with van der Waals surface area (Å²) in [5.41, 5.74) is -0.120. The van der Waals surface area contributed by atoms with Crippen molar-refractivity contribution in [3.05, 3.63) is 20.8 Å². The second kappa shape index (κ2) is 6.52. The highest BCUT2D eigenvalue weighted by Gasteiger charge is 2.17. The van der Waals surface area contributed by atoms with Crippen molar-refractivity contribution in [3.8, 4) is 0 Å². The summed E-state index contributed by atoms with van der Waals surface area (Å²) in [5.74, 6) is 0.0486. The zero-order valence-corrected chi connectivity index (χ0v) is 12.9. The number of nitrogens with one attached hydrogen (secondary N) is 2. The predicted octanol–water partition coefficient (Wildman–Crippen LogP) is 2.91. The molecule has 0 aliphatic carbocycles. The van der Waals surface area contributed by atoms with Crippen molar-refractivity contribution in [2.24, 2.45) is 0 Å². The van der Waals surface area contributed by atoms with E-state index in [4.69, 9.17) is 0 Å². The third-order valence-electron chi connectivity index (χ3n) is 2.57. The summed E-state index contributed by atoms with van der Waals surface area (Å²) in [6.07, 6.45) is 0.927. The standard InChI is InChI=1S/C12H19BrN2OS/c1-4-12(2,3)15-11(16)7-14-6-10-5-9(13)8-17-10/h5,8,14H,4,6-7H2,1-3H3,(H,15,16). The molecule has 0 aromatic carbocycles. The Bertz CT molecular complexity index is 376. The average Bonchev–Trinajstić information content (AvgIpc) is 2.63. The van der Waals surface area contributed by atoms with Crippen LogP contribution in [0.25, 0.3) is 0 Å². The van der Waals surface area contributed by atoms with Crippen molar-refractivity contribution in [2.75, 3.05) is 6.54 Å². The van der Waals surface area contributed by atoms with Crippen LogP contribution in [0.5, 0.6) is 0 Å². The van der Waals surface area contributed by atoms with Crippen LogP contribution in [-0.4, -0.2) is 18.0 Å². The summed E-state index contributed by atoms with van der Waals surface area (Å²) >= 11 is 5.08. The van der Waals surface area contributed by atoms with Crippen LogP contribution >= 0.6 is 27.3 Å². The maximum absolute atomic E-state index is 11.6. The fraction of sp³-hybridized carbons (Fsp3) is 0.583. The lowest BCUT2D eigenvalue weighted by Crippen LogP contribution is -2.46. The van der Waals surface area contributed by atoms with Gasteiger partial charge in [0.05, 0.1) is 6.54 Å². The van der Waals surface area contributed by atoms with E-state index in [2.05, 4.69) is 39.6 Å². The molecule has 1 heterocycles. The lowest BCUT2D eigenvalue weighted by Gasteiger charge is -2.24. The molecule has 0 atom stereocenters. The Morgan fingerprint density at radius 3 is 2.76 bits per heavy atom. The second-order valence-corrected chi connectivity index (χ2v) is 6.53. The van der Waals surface area contributed by atoms with E-state index >= 15 is 0 Å². The Balaban J connectivity index is 2.25. The lowest BCUT2D eigenvalue weighted by atomic mass is 10.0. The number of carbonyl (C=O) groups is 1. The van der Waals surface area contributed by atoms with Crippen LogP contribution in [0, 0.1) is 0 Å². The first kappa shape index (κ1) is 14.7. The number of halogens is 1. The molecular formula is C12H19BrN2OS. The van der Waals surface area contributed by atoms with Gasteiger partial charge in [0.15, 0.2) is 0 Å². The van der Waals surface area contributed by atoms with Crippen LogP contribution in [0.4, 0.5) is 0 Å². The van der Waals surface area contributed by atoms with Crippen LogP contribution in [0.2, 0.25) is 0 Å². The van der Waals surface area contributed by atoms with Crippen molar-refractivity contribution < 1.29 is 4.79 Å². The summed E-state index contributed by atoms with van der Waals surface area (Å²) in [5, 5.41) is 8.17. The molecule has 5 heteroatoms. The van der Waals surface area contributed by atoms with Crippen LogP contribution < -0.4 is 10.6 Å². The first-order chi connectivity index (χ1) is 7.93. The van der Waals surface area contributed by atoms with Gasteiger partial charge < -0.3 is 10.6 Å². The number of hydrogen-bond donors (Lipinski definition) is 2. The van der Waals surface area contributed by atoms with E-state index in [0.717, 1.165) is 17.4 Å². The van der Waals surface area contributed by atoms with E-state index in [0.29, 0.717) is 6.54 Å². The van der Waals surface area contributed by atoms with Crippen molar-refractivity contribution in [1.82, 2.24) is 10.6 Å². The van der Waals surface area contributed by atoms with Gasteiger partial charge in [-0.3, -0.25) is 4.79 Å². The molecule has 0 saturated carbocycles. The summed E-state index contributed by atoms with van der Waals surface area (Å²) in [6, 6.07) is 2.06. The molecule has 1 rings (SSSR count). The molecule has 0 spiro atoms. The predicted molar refractivity (Wildman–Crippen MR) is 76.2 cm³/mol. The van der Waals surface area contributed by atoms with Crippen LogP contribution in [0.1, 0.15) is 32.1 Å². The van der Waals surface area contributed by atoms with E-state index in [-0.39, 0.29) is 11.4 Å². The Morgan fingerprint density at radius 1 is 1.53 bits per heavy atom. The van der Waals surface area contributed by atoms with Crippen LogP contribution in [-0.2, 0) is 11.3 Å². The minimum absolute atomic E-state index is 0.0486. The molecule has 17 heavy (non-hydrogen) atoms. The van der Waals surface area contributed by atoms with Gasteiger partial charge in [-0.1, -0.05) is 6.92 Å². The molecule has 1 amide bonds. The SMILES string of the molecule is CCC(C)(C)NC(=O)CNCc1cc(Br)cs1. The van der Waals surface area contributed by atoms with E-state index in [1.807, 2.05) is 19.2 Å². The fourth-order valence-corrected chi connectivity index (χ4v) is 2.68. The highest BCUT2D eigenvalue weighted by Crippen LogP contribution is 2.19. The van der Waals surface area contributed by atoms with Crippen LogP contribution in [0.15, 0.2) is 15.9 Å². The van der Waals surface area contributed by atoms with E-state index < -0.39 is 0 Å². The van der Waals surface area contributed by atoms with Gasteiger partial charge in [-0.2, -0.15) is 0 Å². The molecule has 3 nitrogen and oxygen atoms in total. The molecular weight excluding hydrogens is 300 g/mol. The highest BCUT2D eigenvalue weighted by molar-refractivity contribution is 9.10. The number of hydrogen-bond acceptors (Lipinski definition) is 3. The minimum Gasteiger partial charge on any atom is -0.350 e. The first-order valence-electron chi connectivity index (χ1n) is 5.67. The molecule has 0 bridgehead atoms. The lowest BCUT2D eigenvalue weighted by molar-refractivity contribution is -0.121. The van der Waals surface area contributed by atoms with Gasteiger partial charge in [0.25, 0.3) is 0 Å². The Hall–Kier alpha value is -0.390. The number of thiophene rings is 1. The molecule has 2 N–H and O–H groups in total. The molecule has 0 saturated heterocycles. The monoisotopic (exact) mass is 318 g/mol. The smallest absolute Gasteiger partial charge is 0.234 e. The average molecular weight is 319 g/mol. The van der Waals surface area contributed by atoms with Crippen LogP contribution in [0.3, 0.4) is 0 Å². The van der Waals surface area contributed by atoms with Gasteiger partial charge >= 0.3 is 0 Å². The Kier molecular flexibility index (Phi) is 5.62. The van der Waals surface area contributed by atoms with Gasteiger partial charge in [0, 0.05) is 26.8 Å². The molecule has 0 unspecified atom stereocenters. The topological polar surface area (TPSA) is 41.1 Å². The Morgan fingerprint density at radius 2 is 2.24 bits per heavy atom. The number of amides is 1. The van der Waals surface area contributed by atoms with E-state index in [9.17, 15) is 4.79 Å². The highest BCUT2D eigenvalue weighted by atomic mass is 79.9. The van der Waals surface area contributed by atoms with Gasteiger partial charge in [-0.25, -0.2) is 0 Å². The number of rotatable bonds is 6. The molecule has 96 valence electrons. The maximum atomic E-state index is 11.6. The van der Waals surface area contributed by atoms with E-state index in [1.165, 1.54) is 4.88 Å². The normalized spacial score (nSPS) is 11.5. The summed E-state index contributed by atoms with van der Waals surface area (Å²) < 4.78 is 1.09. The van der Waals surface area contributed by atoms with Gasteiger partial charge in [-0.05, 0) is 42.3 Å². The Labute approximate surface area is 115 Å². The van der Waals surface area contributed by atoms with E-state index in [1.54, 1.807) is 11.3 Å². The molecule has 0 radical (unpaired) electrons. The zero-order chi connectivity index (χ0) is 12.9. The molecule has 1 aromatic rings. The third-order valence-corrected chi connectivity index (χ3v) is 4.27. The first-order valence-corrected chi connectivity index (χ1v) is 7.35. The van der Waals surface area contributed by atoms with Crippen molar-refractivity contribution >= 4 is 33.2 Å². The summed E-state index contributed by atoms with van der Waals surface area (Å²) in [7, 11) is 0. The van der Waals surface area contributed by atoms with Crippen molar-refractivity contribution in [2.45, 2.75) is 39.3 Å². The van der Waals surface area contributed by atoms with Gasteiger partial charge in [0.2, 0.25) is 5.91 Å².